The Morgan fingerprint density at radius 2 is 1.00 bits per heavy atom. The molecular formula is C48H32N2O. The Labute approximate surface area is 297 Å². The van der Waals surface area contributed by atoms with E-state index in [2.05, 4.69) is 170 Å². The highest BCUT2D eigenvalue weighted by Crippen LogP contribution is 2.64. The third kappa shape index (κ3) is 4.59. The molecule has 240 valence electrons. The third-order valence-electron chi connectivity index (χ3n) is 10.4. The Balaban J connectivity index is 1.23. The predicted molar refractivity (Wildman–Crippen MR) is 206 cm³/mol. The van der Waals surface area contributed by atoms with Crippen LogP contribution in [-0.2, 0) is 5.41 Å². The van der Waals surface area contributed by atoms with Gasteiger partial charge in [-0.1, -0.05) is 164 Å². The van der Waals surface area contributed by atoms with E-state index in [1.807, 2.05) is 12.1 Å². The second-order valence-corrected chi connectivity index (χ2v) is 13.2. The molecule has 10 rings (SSSR count). The highest BCUT2D eigenvalue weighted by atomic mass is 16.5. The van der Waals surface area contributed by atoms with Crippen molar-refractivity contribution in [1.82, 2.24) is 9.97 Å². The summed E-state index contributed by atoms with van der Waals surface area (Å²) in [5.74, 6) is 2.44. The molecule has 51 heavy (non-hydrogen) atoms. The molecule has 0 atom stereocenters. The first-order valence-corrected chi connectivity index (χ1v) is 17.5. The van der Waals surface area contributed by atoms with Gasteiger partial charge in [-0.2, -0.15) is 0 Å². The number of allylic oxidation sites excluding steroid dienone is 6. The molecule has 0 amide bonds. The summed E-state index contributed by atoms with van der Waals surface area (Å²) in [6.45, 7) is 0. The summed E-state index contributed by atoms with van der Waals surface area (Å²) in [5, 5.41) is 0. The third-order valence-corrected chi connectivity index (χ3v) is 10.4. The second kappa shape index (κ2) is 11.8. The minimum Gasteiger partial charge on any atom is -0.457 e. The number of rotatable bonds is 4. The van der Waals surface area contributed by atoms with Crippen LogP contribution in [0, 0.1) is 0 Å². The zero-order valence-electron chi connectivity index (χ0n) is 27.8. The van der Waals surface area contributed by atoms with Gasteiger partial charge in [-0.05, 0) is 58.0 Å². The van der Waals surface area contributed by atoms with E-state index in [-0.39, 0.29) is 0 Å². The Hall–Kier alpha value is -6.58. The Kier molecular flexibility index (Phi) is 6.78. The fraction of sp³-hybridized carbons (Fsp3) is 0.0417. The van der Waals surface area contributed by atoms with E-state index in [0.29, 0.717) is 5.82 Å². The van der Waals surface area contributed by atoms with Gasteiger partial charge in [-0.3, -0.25) is 0 Å². The van der Waals surface area contributed by atoms with Crippen LogP contribution in [-0.4, -0.2) is 9.97 Å². The molecule has 0 fully saturated rings. The smallest absolute Gasteiger partial charge is 0.160 e. The number of ether oxygens (including phenoxy) is 1. The summed E-state index contributed by atoms with van der Waals surface area (Å²) < 4.78 is 6.64. The number of hydrogen-bond acceptors (Lipinski definition) is 3. The molecule has 1 aromatic heterocycles. The molecule has 7 aromatic rings. The van der Waals surface area contributed by atoms with E-state index < -0.39 is 5.41 Å². The molecule has 3 aliphatic rings. The van der Waals surface area contributed by atoms with Crippen molar-refractivity contribution in [3.63, 3.8) is 0 Å². The number of hydrogen-bond donors (Lipinski definition) is 0. The lowest BCUT2D eigenvalue weighted by molar-refractivity contribution is 0.436. The van der Waals surface area contributed by atoms with E-state index in [4.69, 9.17) is 14.7 Å². The molecule has 6 aromatic carbocycles. The Bertz CT molecular complexity index is 2520. The number of fused-ring (bicyclic) bond motifs is 8. The van der Waals surface area contributed by atoms with Crippen LogP contribution in [0.15, 0.2) is 188 Å². The van der Waals surface area contributed by atoms with Gasteiger partial charge in [-0.25, -0.2) is 9.97 Å². The standard InChI is InChI=1S/C48H32N2O/c1-3-15-32(16-4-1)33-27-29-35(30-28-33)43-31-42(34-17-5-2-6-18-34)49-47(50-43)38-21-8-7-20-37-36-19-9-10-22-39(36)48(46(37)38)40-23-11-13-25-44(40)51-45-26-14-12-24-41(45)48/h1-19,21-31H,20H2. The zero-order chi connectivity index (χ0) is 33.8. The van der Waals surface area contributed by atoms with Crippen LogP contribution in [0.1, 0.15) is 34.5 Å². The summed E-state index contributed by atoms with van der Waals surface area (Å²) in [4.78, 5) is 10.8. The van der Waals surface area contributed by atoms with Gasteiger partial charge >= 0.3 is 0 Å². The van der Waals surface area contributed by atoms with Crippen LogP contribution < -0.4 is 4.74 Å². The molecule has 1 spiro atoms. The van der Waals surface area contributed by atoms with Crippen LogP contribution in [0.3, 0.4) is 0 Å². The van der Waals surface area contributed by atoms with Gasteiger partial charge in [0.15, 0.2) is 5.82 Å². The van der Waals surface area contributed by atoms with Crippen LogP contribution in [0.2, 0.25) is 0 Å². The monoisotopic (exact) mass is 652 g/mol. The summed E-state index contributed by atoms with van der Waals surface area (Å²) in [5.41, 5.74) is 13.9. The van der Waals surface area contributed by atoms with Crippen LogP contribution in [0.25, 0.3) is 44.8 Å². The summed E-state index contributed by atoms with van der Waals surface area (Å²) >= 11 is 0. The minimum atomic E-state index is -0.626. The van der Waals surface area contributed by atoms with Crippen molar-refractivity contribution in [3.05, 3.63) is 216 Å². The van der Waals surface area contributed by atoms with Gasteiger partial charge in [0.25, 0.3) is 0 Å². The molecule has 0 saturated carbocycles. The highest BCUT2D eigenvalue weighted by molar-refractivity contribution is 6.01. The van der Waals surface area contributed by atoms with Gasteiger partial charge < -0.3 is 4.74 Å². The average Bonchev–Trinajstić information content (AvgIpc) is 3.31. The predicted octanol–water partition coefficient (Wildman–Crippen LogP) is 11.7. The molecule has 3 heteroatoms. The van der Waals surface area contributed by atoms with Crippen LogP contribution in [0.5, 0.6) is 11.5 Å². The number of nitrogens with zero attached hydrogens (tertiary/aromatic N) is 2. The molecule has 0 N–H and O–H groups in total. The molecule has 2 aliphatic carbocycles. The summed E-state index contributed by atoms with van der Waals surface area (Å²) in [7, 11) is 0. The molecule has 1 aliphatic heterocycles. The fourth-order valence-electron chi connectivity index (χ4n) is 8.26. The topological polar surface area (TPSA) is 35.0 Å². The van der Waals surface area contributed by atoms with Gasteiger partial charge in [0.05, 0.1) is 16.8 Å². The van der Waals surface area contributed by atoms with Crippen molar-refractivity contribution in [2.24, 2.45) is 0 Å². The lowest BCUT2D eigenvalue weighted by Crippen LogP contribution is -2.34. The lowest BCUT2D eigenvalue weighted by Gasteiger charge is -2.41. The first-order chi connectivity index (χ1) is 25.3. The normalized spacial score (nSPS) is 14.9. The minimum absolute atomic E-state index is 0.626. The maximum absolute atomic E-state index is 6.64. The van der Waals surface area contributed by atoms with Crippen molar-refractivity contribution in [3.8, 4) is 45.1 Å². The van der Waals surface area contributed by atoms with Crippen LogP contribution in [0.4, 0.5) is 0 Å². The van der Waals surface area contributed by atoms with E-state index in [0.717, 1.165) is 57.1 Å². The Morgan fingerprint density at radius 3 is 1.67 bits per heavy atom. The molecule has 0 unspecified atom stereocenters. The van der Waals surface area contributed by atoms with Gasteiger partial charge in [-0.15, -0.1) is 0 Å². The molecule has 0 radical (unpaired) electrons. The summed E-state index contributed by atoms with van der Waals surface area (Å²) in [6.07, 6.45) is 7.46. The van der Waals surface area contributed by atoms with Gasteiger partial charge in [0.1, 0.15) is 11.5 Å². The van der Waals surface area contributed by atoms with E-state index >= 15 is 0 Å². The molecule has 0 bridgehead atoms. The lowest BCUT2D eigenvalue weighted by atomic mass is 9.63. The van der Waals surface area contributed by atoms with E-state index in [9.17, 15) is 0 Å². The maximum Gasteiger partial charge on any atom is 0.160 e. The van der Waals surface area contributed by atoms with Gasteiger partial charge in [0.2, 0.25) is 0 Å². The van der Waals surface area contributed by atoms with Crippen molar-refractivity contribution in [1.29, 1.82) is 0 Å². The maximum atomic E-state index is 6.64. The number of aromatic nitrogens is 2. The number of benzene rings is 6. The Morgan fingerprint density at radius 1 is 0.490 bits per heavy atom. The van der Waals surface area contributed by atoms with Crippen molar-refractivity contribution < 1.29 is 4.74 Å². The molecule has 2 heterocycles. The molecule has 3 nitrogen and oxygen atoms in total. The highest BCUT2D eigenvalue weighted by Gasteiger charge is 2.53. The molecule has 0 saturated heterocycles. The first-order valence-electron chi connectivity index (χ1n) is 17.5. The van der Waals surface area contributed by atoms with E-state index in [1.165, 1.54) is 33.4 Å². The van der Waals surface area contributed by atoms with Crippen molar-refractivity contribution in [2.75, 3.05) is 0 Å². The fourth-order valence-corrected chi connectivity index (χ4v) is 8.26. The largest absolute Gasteiger partial charge is 0.457 e. The van der Waals surface area contributed by atoms with E-state index in [1.54, 1.807) is 0 Å². The van der Waals surface area contributed by atoms with Crippen molar-refractivity contribution >= 4 is 11.1 Å². The van der Waals surface area contributed by atoms with Crippen LogP contribution >= 0.6 is 0 Å². The first kappa shape index (κ1) is 29.3. The SMILES string of the molecule is C1=CCC2=C(C(c3nc(-c4ccccc4)cc(-c4ccc(-c5ccccc5)cc4)n3)=C1)C1(c3ccccc3Oc3ccccc31)c1ccccc12. The van der Waals surface area contributed by atoms with Gasteiger partial charge in [0, 0.05) is 27.8 Å². The van der Waals surface area contributed by atoms with Crippen molar-refractivity contribution in [2.45, 2.75) is 11.8 Å². The zero-order valence-corrected chi connectivity index (χ0v) is 27.8. The molecular weight excluding hydrogens is 621 g/mol. The second-order valence-electron chi connectivity index (χ2n) is 13.2. The summed E-state index contributed by atoms with van der Waals surface area (Å²) in [6, 6.07) is 57.7. The quantitative estimate of drug-likeness (QED) is 0.190. The average molecular weight is 653 g/mol. The number of para-hydroxylation sites is 2.